The maximum atomic E-state index is 12.4. The van der Waals surface area contributed by atoms with E-state index >= 15 is 0 Å². The third-order valence-corrected chi connectivity index (χ3v) is 5.23. The molecule has 2 aromatic carbocycles. The van der Waals surface area contributed by atoms with Crippen LogP contribution < -0.4 is 15.0 Å². The highest BCUT2D eigenvalue weighted by atomic mass is 16.5. The molecule has 2 aliphatic rings. The molecule has 5 heteroatoms. The zero-order valence-corrected chi connectivity index (χ0v) is 15.0. The Morgan fingerprint density at radius 3 is 2.77 bits per heavy atom. The number of rotatable bonds is 4. The molecule has 134 valence electrons. The van der Waals surface area contributed by atoms with Crippen molar-refractivity contribution < 1.29 is 14.3 Å². The monoisotopic (exact) mass is 350 g/mol. The number of methoxy groups -OCH3 is 1. The van der Waals surface area contributed by atoms with Crippen LogP contribution >= 0.6 is 0 Å². The molecule has 0 saturated carbocycles. The minimum atomic E-state index is -0.139. The molecule has 2 aliphatic heterocycles. The van der Waals surface area contributed by atoms with Crippen LogP contribution in [-0.2, 0) is 22.4 Å². The number of carbonyl (C=O) groups is 2. The summed E-state index contributed by atoms with van der Waals surface area (Å²) >= 11 is 0. The van der Waals surface area contributed by atoms with Gasteiger partial charge in [0, 0.05) is 12.2 Å². The number of carbonyl (C=O) groups excluding carboxylic acids is 2. The second-order valence-electron chi connectivity index (χ2n) is 6.96. The Labute approximate surface area is 153 Å². The summed E-state index contributed by atoms with van der Waals surface area (Å²) in [5, 5.41) is 3.00. The largest absolute Gasteiger partial charge is 0.497 e. The van der Waals surface area contributed by atoms with E-state index in [1.54, 1.807) is 7.11 Å². The quantitative estimate of drug-likeness (QED) is 0.921. The van der Waals surface area contributed by atoms with Crippen molar-refractivity contribution in [1.82, 2.24) is 0 Å². The predicted octanol–water partition coefficient (Wildman–Crippen LogP) is 3.27. The number of amides is 2. The Kier molecular flexibility index (Phi) is 4.15. The van der Waals surface area contributed by atoms with Crippen LogP contribution in [0.3, 0.4) is 0 Å². The minimum absolute atomic E-state index is 0.0630. The lowest BCUT2D eigenvalue weighted by Crippen LogP contribution is -2.32. The summed E-state index contributed by atoms with van der Waals surface area (Å²) < 4.78 is 5.14. The summed E-state index contributed by atoms with van der Waals surface area (Å²) in [5.74, 6) is 0.741. The van der Waals surface area contributed by atoms with Crippen molar-refractivity contribution in [2.75, 3.05) is 23.9 Å². The molecule has 1 atom stereocenters. The number of benzene rings is 2. The highest BCUT2D eigenvalue weighted by Gasteiger charge is 2.37. The third kappa shape index (κ3) is 2.83. The van der Waals surface area contributed by atoms with E-state index in [2.05, 4.69) is 5.32 Å². The fourth-order valence-electron chi connectivity index (χ4n) is 3.90. The number of nitrogens with zero attached hydrogens (tertiary/aromatic N) is 1. The van der Waals surface area contributed by atoms with Crippen molar-refractivity contribution >= 4 is 23.2 Å². The van der Waals surface area contributed by atoms with Gasteiger partial charge in [-0.05, 0) is 60.7 Å². The van der Waals surface area contributed by atoms with Crippen LogP contribution in [-0.4, -0.2) is 25.5 Å². The topological polar surface area (TPSA) is 58.6 Å². The average Bonchev–Trinajstić information content (AvgIpc) is 2.89. The van der Waals surface area contributed by atoms with Gasteiger partial charge < -0.3 is 15.0 Å². The van der Waals surface area contributed by atoms with Gasteiger partial charge in [0.2, 0.25) is 11.8 Å². The number of nitrogens with one attached hydrogen (secondary N) is 1. The van der Waals surface area contributed by atoms with E-state index < -0.39 is 0 Å². The molecule has 1 unspecified atom stereocenters. The maximum Gasteiger partial charge on any atom is 0.234 e. The first kappa shape index (κ1) is 16.6. The number of anilines is 2. The highest BCUT2D eigenvalue weighted by Crippen LogP contribution is 2.44. The van der Waals surface area contributed by atoms with Crippen LogP contribution in [0, 0.1) is 0 Å². The number of ether oxygens (including phenoxy) is 1. The minimum Gasteiger partial charge on any atom is -0.497 e. The van der Waals surface area contributed by atoms with E-state index in [0.717, 1.165) is 53.2 Å². The molecule has 0 bridgehead atoms. The number of aryl methyl sites for hydroxylation is 1. The van der Waals surface area contributed by atoms with Gasteiger partial charge in [-0.1, -0.05) is 12.1 Å². The molecule has 2 amide bonds. The van der Waals surface area contributed by atoms with Gasteiger partial charge in [0.15, 0.2) is 0 Å². The Morgan fingerprint density at radius 1 is 1.27 bits per heavy atom. The van der Waals surface area contributed by atoms with Gasteiger partial charge in [0.05, 0.1) is 25.1 Å². The van der Waals surface area contributed by atoms with E-state index in [4.69, 9.17) is 4.74 Å². The van der Waals surface area contributed by atoms with Crippen LogP contribution in [0.15, 0.2) is 36.4 Å². The van der Waals surface area contributed by atoms with E-state index in [-0.39, 0.29) is 17.7 Å². The van der Waals surface area contributed by atoms with E-state index in [1.807, 2.05) is 48.2 Å². The summed E-state index contributed by atoms with van der Waals surface area (Å²) in [7, 11) is 1.62. The summed E-state index contributed by atoms with van der Waals surface area (Å²) in [6, 6.07) is 11.5. The van der Waals surface area contributed by atoms with Crippen LogP contribution in [0.4, 0.5) is 11.4 Å². The smallest absolute Gasteiger partial charge is 0.234 e. The predicted molar refractivity (Wildman–Crippen MR) is 101 cm³/mol. The maximum absolute atomic E-state index is 12.4. The molecular weight excluding hydrogens is 328 g/mol. The van der Waals surface area contributed by atoms with Gasteiger partial charge in [-0.2, -0.15) is 0 Å². The van der Waals surface area contributed by atoms with Gasteiger partial charge in [0.25, 0.3) is 0 Å². The Morgan fingerprint density at radius 2 is 2.04 bits per heavy atom. The fourth-order valence-corrected chi connectivity index (χ4v) is 3.90. The molecule has 0 aromatic heterocycles. The Bertz CT molecular complexity index is 874. The highest BCUT2D eigenvalue weighted by molar-refractivity contribution is 6.06. The van der Waals surface area contributed by atoms with E-state index in [1.165, 1.54) is 0 Å². The molecule has 5 nitrogen and oxygen atoms in total. The zero-order chi connectivity index (χ0) is 18.3. The number of hydrogen-bond acceptors (Lipinski definition) is 3. The molecule has 2 heterocycles. The molecule has 1 N–H and O–H groups in total. The number of hydrogen-bond donors (Lipinski definition) is 1. The second kappa shape index (κ2) is 6.48. The molecular formula is C21H22N2O3. The lowest BCUT2D eigenvalue weighted by atomic mass is 9.96. The van der Waals surface area contributed by atoms with Crippen molar-refractivity contribution in [2.45, 2.75) is 32.1 Å². The van der Waals surface area contributed by atoms with Gasteiger partial charge in [-0.25, -0.2) is 0 Å². The van der Waals surface area contributed by atoms with Crippen molar-refractivity contribution in [3.05, 3.63) is 53.1 Å². The molecule has 0 fully saturated rings. The summed E-state index contributed by atoms with van der Waals surface area (Å²) in [5.41, 5.74) is 4.97. The van der Waals surface area contributed by atoms with Crippen LogP contribution in [0.25, 0.3) is 0 Å². The summed E-state index contributed by atoms with van der Waals surface area (Å²) in [6.07, 6.45) is 2.21. The van der Waals surface area contributed by atoms with Crippen molar-refractivity contribution in [1.29, 1.82) is 0 Å². The first-order valence-corrected chi connectivity index (χ1v) is 8.98. The first-order valence-electron chi connectivity index (χ1n) is 8.98. The molecule has 26 heavy (non-hydrogen) atoms. The molecule has 2 aromatic rings. The molecule has 0 saturated heterocycles. The van der Waals surface area contributed by atoms with Gasteiger partial charge in [0.1, 0.15) is 5.75 Å². The van der Waals surface area contributed by atoms with Crippen molar-refractivity contribution in [3.63, 3.8) is 0 Å². The van der Waals surface area contributed by atoms with Crippen molar-refractivity contribution in [2.24, 2.45) is 0 Å². The Hall–Kier alpha value is -2.82. The summed E-state index contributed by atoms with van der Waals surface area (Å²) in [6.45, 7) is 2.74. The van der Waals surface area contributed by atoms with Crippen LogP contribution in [0.2, 0.25) is 0 Å². The first-order chi connectivity index (χ1) is 12.6. The lowest BCUT2D eigenvalue weighted by molar-refractivity contribution is -0.119. The standard InChI is InChI=1S/C21H22N2O3/c1-13-18-12-16(11-15-4-3-9-23(20(15)18)21(13)25)22-19(24)10-14-5-7-17(26-2)8-6-14/h5-8,11-13H,3-4,9-10H2,1-2H3,(H,22,24). The lowest BCUT2D eigenvalue weighted by Gasteiger charge is -2.26. The molecule has 0 radical (unpaired) electrons. The SMILES string of the molecule is COc1ccc(CC(=O)Nc2cc3c4c(c2)C(C)C(=O)N4CCC3)cc1. The van der Waals surface area contributed by atoms with E-state index in [0.29, 0.717) is 6.42 Å². The van der Waals surface area contributed by atoms with E-state index in [9.17, 15) is 9.59 Å². The normalized spacial score (nSPS) is 17.8. The van der Waals surface area contributed by atoms with Gasteiger partial charge in [-0.15, -0.1) is 0 Å². The summed E-state index contributed by atoms with van der Waals surface area (Å²) in [4.78, 5) is 26.8. The molecule has 0 aliphatic carbocycles. The molecule has 4 rings (SSSR count). The van der Waals surface area contributed by atoms with Crippen LogP contribution in [0.1, 0.15) is 36.0 Å². The van der Waals surface area contributed by atoms with Crippen molar-refractivity contribution in [3.8, 4) is 5.75 Å². The fraction of sp³-hybridized carbons (Fsp3) is 0.333. The van der Waals surface area contributed by atoms with Gasteiger partial charge in [-0.3, -0.25) is 9.59 Å². The van der Waals surface area contributed by atoms with Gasteiger partial charge >= 0.3 is 0 Å². The average molecular weight is 350 g/mol. The van der Waals surface area contributed by atoms with Crippen LogP contribution in [0.5, 0.6) is 5.75 Å². The third-order valence-electron chi connectivity index (χ3n) is 5.23. The Balaban J connectivity index is 1.54. The second-order valence-corrected chi connectivity index (χ2v) is 6.96. The zero-order valence-electron chi connectivity index (χ0n) is 15.0. The molecule has 0 spiro atoms.